The molecule has 0 saturated heterocycles. The van der Waals surface area contributed by atoms with Crippen LogP contribution in [0.15, 0.2) is 48.6 Å². The van der Waals surface area contributed by atoms with E-state index in [9.17, 15) is 14.3 Å². The van der Waals surface area contributed by atoms with Crippen LogP contribution in [0.4, 0.5) is 0 Å². The summed E-state index contributed by atoms with van der Waals surface area (Å²) in [6, 6.07) is 0. The van der Waals surface area contributed by atoms with Gasteiger partial charge in [-0.05, 0) is 70.6 Å². The molecule has 0 heterocycles. The Kier molecular flexibility index (Phi) is 39.4. The van der Waals surface area contributed by atoms with E-state index in [0.29, 0.717) is 13.0 Å². The minimum absolute atomic E-state index is 0.0963. The zero-order valence-corrected chi connectivity index (χ0v) is 34.4. The lowest BCUT2D eigenvalue weighted by Gasteiger charge is -2.20. The topological polar surface area (TPSA) is 117 Å². The van der Waals surface area contributed by atoms with Crippen molar-refractivity contribution < 1.29 is 32.8 Å². The van der Waals surface area contributed by atoms with Gasteiger partial charge in [0.05, 0.1) is 19.8 Å². The number of hydrogen-bond acceptors (Lipinski definition) is 7. The lowest BCUT2D eigenvalue weighted by Crippen LogP contribution is -2.28. The fourth-order valence-corrected chi connectivity index (χ4v) is 6.36. The van der Waals surface area contributed by atoms with Gasteiger partial charge in [-0.2, -0.15) is 0 Å². The van der Waals surface area contributed by atoms with Crippen LogP contribution < -0.4 is 5.73 Å². The first-order valence-corrected chi connectivity index (χ1v) is 22.6. The third kappa shape index (κ3) is 39.7. The highest BCUT2D eigenvalue weighted by Crippen LogP contribution is 2.43. The second-order valence-electron chi connectivity index (χ2n) is 13.8. The Bertz CT molecular complexity index is 936. The van der Waals surface area contributed by atoms with E-state index in [4.69, 9.17) is 24.3 Å². The normalized spacial score (nSPS) is 14.0. The maximum Gasteiger partial charge on any atom is 0.472 e. The standard InChI is InChI=1S/C43H80NO7P/c1-3-5-7-9-11-13-15-17-19-20-21-22-23-24-26-28-30-32-34-36-43(45)51-42(41-50-52(46,47)49-39-37-44)40-48-38-35-33-31-29-27-25-18-16-14-12-10-8-6-4-2/h8,10-11,13-14,16-17,19,42H,3-7,9,12,15,18,20-41,44H2,1-2H3,(H,46,47)/b10-8-,13-11-,16-14-,19-17-. The molecule has 2 unspecified atom stereocenters. The number of rotatable bonds is 40. The van der Waals surface area contributed by atoms with Crippen LogP contribution in [-0.2, 0) is 27.9 Å². The van der Waals surface area contributed by atoms with Crippen molar-refractivity contribution in [2.24, 2.45) is 5.73 Å². The fourth-order valence-electron chi connectivity index (χ4n) is 5.59. The molecular formula is C43H80NO7P. The summed E-state index contributed by atoms with van der Waals surface area (Å²) in [5.74, 6) is -0.340. The molecule has 52 heavy (non-hydrogen) atoms. The summed E-state index contributed by atoms with van der Waals surface area (Å²) < 4.78 is 33.4. The Labute approximate surface area is 320 Å². The molecule has 0 aromatic heterocycles. The Hall–Kier alpha value is -1.54. The second-order valence-corrected chi connectivity index (χ2v) is 15.3. The van der Waals surface area contributed by atoms with Gasteiger partial charge in [0, 0.05) is 19.6 Å². The quantitative estimate of drug-likeness (QED) is 0.0275. The van der Waals surface area contributed by atoms with Crippen LogP contribution in [0.3, 0.4) is 0 Å². The van der Waals surface area contributed by atoms with Crippen LogP contribution in [-0.4, -0.2) is 49.9 Å². The summed E-state index contributed by atoms with van der Waals surface area (Å²) in [7, 11) is -4.28. The molecule has 0 radical (unpaired) electrons. The predicted octanol–water partition coefficient (Wildman–Crippen LogP) is 12.4. The third-order valence-corrected chi connectivity index (χ3v) is 9.68. The van der Waals surface area contributed by atoms with Gasteiger partial charge < -0.3 is 20.1 Å². The van der Waals surface area contributed by atoms with E-state index in [-0.39, 0.29) is 32.3 Å². The highest BCUT2D eigenvalue weighted by Gasteiger charge is 2.25. The second kappa shape index (κ2) is 40.6. The van der Waals surface area contributed by atoms with E-state index < -0.39 is 13.9 Å². The van der Waals surface area contributed by atoms with E-state index in [1.54, 1.807) is 0 Å². The van der Waals surface area contributed by atoms with Crippen molar-refractivity contribution in [3.8, 4) is 0 Å². The number of esters is 1. The van der Waals surface area contributed by atoms with Crippen molar-refractivity contribution in [1.82, 2.24) is 0 Å². The number of carbonyl (C=O) groups is 1. The molecule has 0 rings (SSSR count). The first kappa shape index (κ1) is 50.5. The van der Waals surface area contributed by atoms with Crippen molar-refractivity contribution in [3.05, 3.63) is 48.6 Å². The number of nitrogens with two attached hydrogens (primary N) is 1. The number of ether oxygens (including phenoxy) is 2. The smallest absolute Gasteiger partial charge is 0.457 e. The number of unbranched alkanes of at least 4 members (excludes halogenated alkanes) is 19. The minimum atomic E-state index is -4.28. The van der Waals surface area contributed by atoms with E-state index in [0.717, 1.165) is 64.2 Å². The highest BCUT2D eigenvalue weighted by molar-refractivity contribution is 7.47. The molecule has 0 aliphatic heterocycles. The van der Waals surface area contributed by atoms with E-state index in [1.165, 1.54) is 96.3 Å². The van der Waals surface area contributed by atoms with Crippen molar-refractivity contribution in [3.63, 3.8) is 0 Å². The van der Waals surface area contributed by atoms with Crippen LogP contribution in [0.5, 0.6) is 0 Å². The molecule has 2 atom stereocenters. The van der Waals surface area contributed by atoms with Gasteiger partial charge in [-0.1, -0.05) is 152 Å². The van der Waals surface area contributed by atoms with E-state index in [2.05, 4.69) is 62.5 Å². The SMILES string of the molecule is CCC/C=C\C/C=C\CCCCCCCCOCC(COP(=O)(O)OCCN)OC(=O)CCCCCCCCCCC/C=C\C/C=C\CCCCC. The molecule has 3 N–H and O–H groups in total. The zero-order valence-electron chi connectivity index (χ0n) is 33.5. The summed E-state index contributed by atoms with van der Waals surface area (Å²) in [5.41, 5.74) is 5.36. The van der Waals surface area contributed by atoms with Gasteiger partial charge in [0.1, 0.15) is 6.10 Å². The molecule has 0 aromatic rings. The van der Waals surface area contributed by atoms with Gasteiger partial charge in [-0.25, -0.2) is 4.57 Å². The first-order valence-electron chi connectivity index (χ1n) is 21.1. The van der Waals surface area contributed by atoms with Gasteiger partial charge in [0.25, 0.3) is 0 Å². The van der Waals surface area contributed by atoms with Crippen LogP contribution in [0.25, 0.3) is 0 Å². The number of allylic oxidation sites excluding steroid dienone is 8. The van der Waals surface area contributed by atoms with E-state index in [1.807, 2.05) is 0 Å². The molecule has 0 aliphatic carbocycles. The number of hydrogen-bond donors (Lipinski definition) is 2. The molecule has 0 aromatic carbocycles. The monoisotopic (exact) mass is 754 g/mol. The number of carbonyl (C=O) groups excluding carboxylic acids is 1. The molecule has 0 saturated carbocycles. The Morgan fingerprint density at radius 2 is 1.06 bits per heavy atom. The summed E-state index contributed by atoms with van der Waals surface area (Å²) in [4.78, 5) is 22.5. The molecule has 0 amide bonds. The van der Waals surface area contributed by atoms with Crippen molar-refractivity contribution in [2.45, 2.75) is 187 Å². The number of phosphoric acid groups is 1. The average Bonchev–Trinajstić information content (AvgIpc) is 3.13. The minimum Gasteiger partial charge on any atom is -0.457 e. The molecular weight excluding hydrogens is 673 g/mol. The summed E-state index contributed by atoms with van der Waals surface area (Å²) in [6.07, 6.45) is 46.9. The molecule has 0 bridgehead atoms. The van der Waals surface area contributed by atoms with Crippen molar-refractivity contribution in [2.75, 3.05) is 33.0 Å². The largest absolute Gasteiger partial charge is 0.472 e. The van der Waals surface area contributed by atoms with Gasteiger partial charge in [0.2, 0.25) is 0 Å². The highest BCUT2D eigenvalue weighted by atomic mass is 31.2. The van der Waals surface area contributed by atoms with Crippen LogP contribution in [0.1, 0.15) is 181 Å². The van der Waals surface area contributed by atoms with Crippen molar-refractivity contribution in [1.29, 1.82) is 0 Å². The van der Waals surface area contributed by atoms with Crippen LogP contribution in [0, 0.1) is 0 Å². The molecule has 9 heteroatoms. The van der Waals surface area contributed by atoms with Gasteiger partial charge in [-0.15, -0.1) is 0 Å². The molecule has 0 spiro atoms. The average molecular weight is 754 g/mol. The molecule has 8 nitrogen and oxygen atoms in total. The Balaban J connectivity index is 4.05. The summed E-state index contributed by atoms with van der Waals surface area (Å²) in [5, 5.41) is 0. The Morgan fingerprint density at radius 3 is 1.58 bits per heavy atom. The third-order valence-electron chi connectivity index (χ3n) is 8.70. The van der Waals surface area contributed by atoms with Gasteiger partial charge in [-0.3, -0.25) is 13.8 Å². The molecule has 304 valence electrons. The number of phosphoric ester groups is 1. The summed E-state index contributed by atoms with van der Waals surface area (Å²) >= 11 is 0. The van der Waals surface area contributed by atoms with Crippen LogP contribution in [0.2, 0.25) is 0 Å². The predicted molar refractivity (Wildman–Crippen MR) is 219 cm³/mol. The molecule has 0 aliphatic rings. The van der Waals surface area contributed by atoms with Gasteiger partial charge in [0.15, 0.2) is 0 Å². The lowest BCUT2D eigenvalue weighted by atomic mass is 10.1. The Morgan fingerprint density at radius 1 is 0.577 bits per heavy atom. The van der Waals surface area contributed by atoms with Crippen LogP contribution >= 0.6 is 7.82 Å². The lowest BCUT2D eigenvalue weighted by molar-refractivity contribution is -0.154. The van der Waals surface area contributed by atoms with Gasteiger partial charge >= 0.3 is 13.8 Å². The first-order chi connectivity index (χ1) is 25.4. The maximum absolute atomic E-state index is 12.6. The maximum atomic E-state index is 12.6. The summed E-state index contributed by atoms with van der Waals surface area (Å²) in [6.45, 7) is 4.80. The van der Waals surface area contributed by atoms with E-state index >= 15 is 0 Å². The fraction of sp³-hybridized carbons (Fsp3) is 0.791. The molecule has 0 fully saturated rings. The zero-order chi connectivity index (χ0) is 38.1. The van der Waals surface area contributed by atoms with Crippen molar-refractivity contribution >= 4 is 13.8 Å².